The molecular formula is C12H17NO3. The quantitative estimate of drug-likeness (QED) is 0.782. The molecule has 1 aromatic carbocycles. The third kappa shape index (κ3) is 2.72. The Kier molecular flexibility index (Phi) is 3.77. The molecule has 0 bridgehead atoms. The summed E-state index contributed by atoms with van der Waals surface area (Å²) in [7, 11) is 1.65. The van der Waals surface area contributed by atoms with E-state index in [9.17, 15) is 5.11 Å². The molecule has 0 spiro atoms. The van der Waals surface area contributed by atoms with Crippen LogP contribution < -0.4 is 10.1 Å². The Bertz CT molecular complexity index is 326. The van der Waals surface area contributed by atoms with Crippen LogP contribution in [0.4, 0.5) is 0 Å². The van der Waals surface area contributed by atoms with Gasteiger partial charge in [0.2, 0.25) is 0 Å². The van der Waals surface area contributed by atoms with Crippen molar-refractivity contribution in [3.63, 3.8) is 0 Å². The Hall–Kier alpha value is -1.10. The molecule has 0 aliphatic carbocycles. The first kappa shape index (κ1) is 11.4. The minimum absolute atomic E-state index is 0.0436. The predicted molar refractivity (Wildman–Crippen MR) is 60.4 cm³/mol. The fourth-order valence-electron chi connectivity index (χ4n) is 1.73. The molecule has 1 fully saturated rings. The summed E-state index contributed by atoms with van der Waals surface area (Å²) in [4.78, 5) is 0. The molecule has 2 rings (SSSR count). The van der Waals surface area contributed by atoms with Gasteiger partial charge in [0.25, 0.3) is 0 Å². The first-order chi connectivity index (χ1) is 7.79. The summed E-state index contributed by atoms with van der Waals surface area (Å²) in [6.07, 6.45) is -0.391. The summed E-state index contributed by atoms with van der Waals surface area (Å²) in [5, 5.41) is 12.8. The van der Waals surface area contributed by atoms with Crippen LogP contribution in [0, 0.1) is 0 Å². The number of methoxy groups -OCH3 is 1. The lowest BCUT2D eigenvalue weighted by atomic mass is 10.1. The van der Waals surface area contributed by atoms with Crippen molar-refractivity contribution < 1.29 is 14.6 Å². The maximum atomic E-state index is 9.54. The van der Waals surface area contributed by atoms with E-state index in [1.54, 1.807) is 7.11 Å². The smallest absolute Gasteiger partial charge is 0.118 e. The molecule has 1 aromatic rings. The van der Waals surface area contributed by atoms with Crippen LogP contribution in [0.25, 0.3) is 0 Å². The summed E-state index contributed by atoms with van der Waals surface area (Å²) >= 11 is 0. The van der Waals surface area contributed by atoms with Crippen molar-refractivity contribution in [2.45, 2.75) is 18.7 Å². The van der Waals surface area contributed by atoms with Gasteiger partial charge in [-0.2, -0.15) is 0 Å². The van der Waals surface area contributed by atoms with Gasteiger partial charge in [-0.3, -0.25) is 0 Å². The Morgan fingerprint density at radius 3 is 2.69 bits per heavy atom. The number of aliphatic hydroxyl groups is 1. The van der Waals surface area contributed by atoms with E-state index < -0.39 is 6.10 Å². The maximum Gasteiger partial charge on any atom is 0.118 e. The highest BCUT2D eigenvalue weighted by Gasteiger charge is 2.25. The van der Waals surface area contributed by atoms with E-state index in [4.69, 9.17) is 9.47 Å². The average molecular weight is 223 g/mol. The molecule has 1 heterocycles. The molecule has 1 saturated heterocycles. The second kappa shape index (κ2) is 5.30. The van der Waals surface area contributed by atoms with Crippen LogP contribution in [-0.2, 0) is 11.3 Å². The van der Waals surface area contributed by atoms with E-state index in [0.717, 1.165) is 12.3 Å². The highest BCUT2D eigenvalue weighted by Crippen LogP contribution is 2.12. The van der Waals surface area contributed by atoms with Gasteiger partial charge in [-0.1, -0.05) is 12.1 Å². The van der Waals surface area contributed by atoms with Crippen molar-refractivity contribution >= 4 is 0 Å². The lowest BCUT2D eigenvalue weighted by molar-refractivity contribution is 0.122. The van der Waals surface area contributed by atoms with Crippen molar-refractivity contribution in [2.24, 2.45) is 0 Å². The average Bonchev–Trinajstić information content (AvgIpc) is 2.73. The highest BCUT2D eigenvalue weighted by molar-refractivity contribution is 5.27. The van der Waals surface area contributed by atoms with Crippen LogP contribution in [0.2, 0.25) is 0 Å². The van der Waals surface area contributed by atoms with Gasteiger partial charge < -0.3 is 19.9 Å². The molecule has 16 heavy (non-hydrogen) atoms. The van der Waals surface area contributed by atoms with Gasteiger partial charge in [-0.25, -0.2) is 0 Å². The van der Waals surface area contributed by atoms with Gasteiger partial charge in [0.15, 0.2) is 0 Å². The summed E-state index contributed by atoms with van der Waals surface area (Å²) < 4.78 is 10.2. The van der Waals surface area contributed by atoms with Crippen molar-refractivity contribution in [2.75, 3.05) is 20.3 Å². The van der Waals surface area contributed by atoms with E-state index in [1.165, 1.54) is 5.56 Å². The molecule has 88 valence electrons. The van der Waals surface area contributed by atoms with Crippen molar-refractivity contribution in [3.05, 3.63) is 29.8 Å². The first-order valence-electron chi connectivity index (χ1n) is 5.41. The van der Waals surface area contributed by atoms with Gasteiger partial charge in [0.1, 0.15) is 5.75 Å². The zero-order valence-corrected chi connectivity index (χ0v) is 9.35. The largest absolute Gasteiger partial charge is 0.497 e. The zero-order valence-electron chi connectivity index (χ0n) is 9.35. The molecule has 0 radical (unpaired) electrons. The van der Waals surface area contributed by atoms with Crippen molar-refractivity contribution in [1.82, 2.24) is 5.32 Å². The number of aliphatic hydroxyl groups excluding tert-OH is 1. The molecule has 1 aliphatic heterocycles. The molecule has 2 atom stereocenters. The molecule has 4 nitrogen and oxygen atoms in total. The number of nitrogens with one attached hydrogen (secondary N) is 1. The zero-order chi connectivity index (χ0) is 11.4. The molecule has 0 amide bonds. The number of hydrogen-bond donors (Lipinski definition) is 2. The lowest BCUT2D eigenvalue weighted by Crippen LogP contribution is -2.38. The van der Waals surface area contributed by atoms with E-state index in [2.05, 4.69) is 5.32 Å². The van der Waals surface area contributed by atoms with E-state index in [0.29, 0.717) is 13.2 Å². The summed E-state index contributed by atoms with van der Waals surface area (Å²) in [6, 6.07) is 7.92. The fraction of sp³-hybridized carbons (Fsp3) is 0.500. The van der Waals surface area contributed by atoms with Crippen LogP contribution in [-0.4, -0.2) is 37.6 Å². The second-order valence-corrected chi connectivity index (χ2v) is 3.94. The minimum Gasteiger partial charge on any atom is -0.497 e. The van der Waals surface area contributed by atoms with Crippen LogP contribution >= 0.6 is 0 Å². The number of hydrogen-bond acceptors (Lipinski definition) is 4. The monoisotopic (exact) mass is 223 g/mol. The van der Waals surface area contributed by atoms with Crippen LogP contribution in [0.5, 0.6) is 5.75 Å². The molecule has 1 aliphatic rings. The summed E-state index contributed by atoms with van der Waals surface area (Å²) in [5.74, 6) is 0.855. The molecule has 2 N–H and O–H groups in total. The molecular weight excluding hydrogens is 206 g/mol. The van der Waals surface area contributed by atoms with E-state index in [-0.39, 0.29) is 6.04 Å². The third-order valence-electron chi connectivity index (χ3n) is 2.78. The first-order valence-corrected chi connectivity index (χ1v) is 5.41. The van der Waals surface area contributed by atoms with E-state index in [1.807, 2.05) is 24.3 Å². The topological polar surface area (TPSA) is 50.7 Å². The van der Waals surface area contributed by atoms with Crippen molar-refractivity contribution in [3.8, 4) is 5.75 Å². The van der Waals surface area contributed by atoms with Crippen LogP contribution in [0.15, 0.2) is 24.3 Å². The van der Waals surface area contributed by atoms with Gasteiger partial charge in [-0.05, 0) is 17.7 Å². The van der Waals surface area contributed by atoms with Gasteiger partial charge in [0.05, 0.1) is 32.5 Å². The Labute approximate surface area is 95.2 Å². The van der Waals surface area contributed by atoms with Crippen LogP contribution in [0.1, 0.15) is 5.56 Å². The fourth-order valence-corrected chi connectivity index (χ4v) is 1.73. The minimum atomic E-state index is -0.391. The van der Waals surface area contributed by atoms with Gasteiger partial charge in [-0.15, -0.1) is 0 Å². The summed E-state index contributed by atoms with van der Waals surface area (Å²) in [5.41, 5.74) is 1.17. The molecule has 0 saturated carbocycles. The molecule has 4 heteroatoms. The Morgan fingerprint density at radius 2 is 2.12 bits per heavy atom. The van der Waals surface area contributed by atoms with Crippen molar-refractivity contribution in [1.29, 1.82) is 0 Å². The third-order valence-corrected chi connectivity index (χ3v) is 2.78. The normalized spacial score (nSPS) is 24.6. The predicted octanol–water partition coefficient (Wildman–Crippen LogP) is 0.544. The number of ether oxygens (including phenoxy) is 2. The Morgan fingerprint density at radius 1 is 1.38 bits per heavy atom. The van der Waals surface area contributed by atoms with Gasteiger partial charge >= 0.3 is 0 Å². The maximum absolute atomic E-state index is 9.54. The van der Waals surface area contributed by atoms with Gasteiger partial charge in [0, 0.05) is 6.54 Å². The Balaban J connectivity index is 1.84. The van der Waals surface area contributed by atoms with E-state index >= 15 is 0 Å². The number of benzene rings is 1. The standard InChI is InChI=1S/C12H17NO3/c1-15-10-4-2-9(3-5-10)6-13-11-7-16-8-12(11)14/h2-5,11-14H,6-8H2,1H3/t11-,12-/m0/s1. The molecule has 0 aromatic heterocycles. The molecule has 0 unspecified atom stereocenters. The van der Waals surface area contributed by atoms with Crippen LogP contribution in [0.3, 0.4) is 0 Å². The lowest BCUT2D eigenvalue weighted by Gasteiger charge is -2.14. The number of rotatable bonds is 4. The highest BCUT2D eigenvalue weighted by atomic mass is 16.5. The SMILES string of the molecule is COc1ccc(CN[C@H]2COC[C@@H]2O)cc1. The second-order valence-electron chi connectivity index (χ2n) is 3.94. The summed E-state index contributed by atoms with van der Waals surface area (Å²) in [6.45, 7) is 1.74.